The molecular weight excluding hydrogens is 810 g/mol. The zero-order valence-electron chi connectivity index (χ0n) is 36.1. The smallest absolute Gasteiger partial charge is 0.409 e. The molecule has 14 nitrogen and oxygen atoms in total. The molecule has 0 aliphatic carbocycles. The quantitative estimate of drug-likeness (QED) is 0.0478. The molecule has 1 saturated heterocycles. The lowest BCUT2D eigenvalue weighted by molar-refractivity contribution is -0.0938. The van der Waals surface area contributed by atoms with E-state index < -0.39 is 43.4 Å². The van der Waals surface area contributed by atoms with Crippen LogP contribution in [0.5, 0.6) is 11.5 Å². The summed E-state index contributed by atoms with van der Waals surface area (Å²) in [6.07, 6.45) is -1.25. The van der Waals surface area contributed by atoms with Crippen LogP contribution in [-0.2, 0) is 28.7 Å². The second kappa shape index (κ2) is 20.5. The maximum atomic E-state index is 15.1. The molecule has 1 aromatic heterocycles. The molecule has 0 bridgehead atoms. The van der Waals surface area contributed by atoms with Gasteiger partial charge in [-0.1, -0.05) is 72.8 Å². The lowest BCUT2D eigenvalue weighted by Gasteiger charge is -2.39. The van der Waals surface area contributed by atoms with E-state index in [1.54, 1.807) is 62.3 Å². The number of nitrogens with one attached hydrogen (secondary N) is 1. The van der Waals surface area contributed by atoms with Crippen LogP contribution in [0, 0.1) is 18.3 Å². The van der Waals surface area contributed by atoms with Gasteiger partial charge in [0, 0.05) is 35.8 Å². The maximum Gasteiger partial charge on any atom is 0.409 e. The van der Waals surface area contributed by atoms with Crippen LogP contribution in [0.1, 0.15) is 79.4 Å². The SMILES string of the molecule is COc1ccc(C(OC[C@H]2O[C@@H](n3cc(C)c(NC(=O)c4ccccc4)nc3=O)C[C@@H]2O[P@@](=O)(OCCC#N)N(C(C)C)C(C)C)(c2ccccc2)c2ccc(OC)cc2)cc1. The van der Waals surface area contributed by atoms with Gasteiger partial charge in [-0.3, -0.25) is 18.4 Å². The fourth-order valence-corrected chi connectivity index (χ4v) is 10.1. The number of amides is 1. The minimum Gasteiger partial charge on any atom is -0.497 e. The predicted molar refractivity (Wildman–Crippen MR) is 235 cm³/mol. The number of nitrogens with zero attached hydrogens (tertiary/aromatic N) is 4. The normalized spacial score (nSPS) is 17.5. The topological polar surface area (TPSA) is 163 Å². The van der Waals surface area contributed by atoms with Crippen molar-refractivity contribution in [2.75, 3.05) is 32.8 Å². The van der Waals surface area contributed by atoms with Crippen LogP contribution >= 0.6 is 7.75 Å². The lowest BCUT2D eigenvalue weighted by Crippen LogP contribution is -2.40. The number of hydrogen-bond donors (Lipinski definition) is 1. The van der Waals surface area contributed by atoms with Gasteiger partial charge < -0.3 is 24.3 Å². The highest BCUT2D eigenvalue weighted by Gasteiger charge is 2.48. The van der Waals surface area contributed by atoms with Crippen molar-refractivity contribution >= 4 is 19.5 Å². The van der Waals surface area contributed by atoms with Crippen molar-refractivity contribution in [3.63, 3.8) is 0 Å². The lowest BCUT2D eigenvalue weighted by atomic mass is 9.80. The Morgan fingerprint density at radius 3 is 1.98 bits per heavy atom. The first-order valence-electron chi connectivity index (χ1n) is 20.5. The Morgan fingerprint density at radius 1 is 0.903 bits per heavy atom. The summed E-state index contributed by atoms with van der Waals surface area (Å²) in [4.78, 5) is 31.1. The van der Waals surface area contributed by atoms with Gasteiger partial charge in [-0.2, -0.15) is 10.2 Å². The van der Waals surface area contributed by atoms with Gasteiger partial charge in [0.15, 0.2) is 0 Å². The number of aryl methyl sites for hydroxylation is 1. The number of rotatable bonds is 19. The average Bonchev–Trinajstić information content (AvgIpc) is 3.67. The summed E-state index contributed by atoms with van der Waals surface area (Å²) < 4.78 is 55.8. The third-order valence-electron chi connectivity index (χ3n) is 10.6. The van der Waals surface area contributed by atoms with E-state index in [-0.39, 0.29) is 44.0 Å². The van der Waals surface area contributed by atoms with Gasteiger partial charge >= 0.3 is 13.4 Å². The highest BCUT2D eigenvalue weighted by molar-refractivity contribution is 7.51. The Kier molecular flexibility index (Phi) is 15.2. The number of benzene rings is 4. The largest absolute Gasteiger partial charge is 0.497 e. The van der Waals surface area contributed by atoms with Crippen molar-refractivity contribution < 1.29 is 37.4 Å². The molecule has 6 rings (SSSR count). The molecule has 4 aromatic carbocycles. The highest BCUT2D eigenvalue weighted by atomic mass is 31.2. The van der Waals surface area contributed by atoms with Crippen LogP contribution in [0.2, 0.25) is 0 Å². The van der Waals surface area contributed by atoms with E-state index in [0.29, 0.717) is 22.6 Å². The molecule has 1 amide bonds. The molecule has 326 valence electrons. The van der Waals surface area contributed by atoms with E-state index in [4.69, 9.17) is 28.0 Å². The number of hydrogen-bond acceptors (Lipinski definition) is 11. The second-order valence-electron chi connectivity index (χ2n) is 15.4. The van der Waals surface area contributed by atoms with E-state index in [0.717, 1.165) is 16.7 Å². The molecule has 0 spiro atoms. The minimum atomic E-state index is -4.14. The molecule has 62 heavy (non-hydrogen) atoms. The summed E-state index contributed by atoms with van der Waals surface area (Å²) in [5.74, 6) is 1.02. The molecule has 0 unspecified atom stereocenters. The summed E-state index contributed by atoms with van der Waals surface area (Å²) >= 11 is 0. The molecule has 15 heteroatoms. The van der Waals surface area contributed by atoms with Crippen molar-refractivity contribution in [2.24, 2.45) is 0 Å². The first kappa shape index (κ1) is 45.9. The van der Waals surface area contributed by atoms with Crippen LogP contribution in [0.4, 0.5) is 5.82 Å². The Hall–Kier alpha value is -5.65. The van der Waals surface area contributed by atoms with Crippen LogP contribution in [0.15, 0.2) is 120 Å². The fraction of sp³-hybridized carbons (Fsp3) is 0.362. The van der Waals surface area contributed by atoms with Crippen molar-refractivity contribution in [1.82, 2.24) is 14.2 Å². The molecule has 1 N–H and O–H groups in total. The molecule has 0 saturated carbocycles. The highest BCUT2D eigenvalue weighted by Crippen LogP contribution is 2.57. The molecule has 1 aliphatic heterocycles. The molecule has 2 heterocycles. The van der Waals surface area contributed by atoms with Crippen LogP contribution in [0.3, 0.4) is 0 Å². The van der Waals surface area contributed by atoms with Crippen LogP contribution in [-0.4, -0.2) is 71.9 Å². The standard InChI is InChI=1S/C47H54N5O9P/c1-32(2)52(33(3)4)62(55,59-28-14-27-48)61-41-29-43(51-30-34(5)44(50-46(51)54)49-45(53)35-15-10-8-11-16-35)60-42(41)31-58-47(36-17-12-9-13-18-36,37-19-23-39(56-6)24-20-37)38-21-25-40(57-7)26-22-38/h8-13,15-26,30,32-33,41-43H,14,28-29,31H2,1-7H3,(H,49,50,53,54)/t41-,42+,43+,62-/m0/s1. The van der Waals surface area contributed by atoms with Gasteiger partial charge in [-0.15, -0.1) is 0 Å². The summed E-state index contributed by atoms with van der Waals surface area (Å²) in [7, 11) is -0.932. The molecular formula is C47H54N5O9P. The van der Waals surface area contributed by atoms with Gasteiger partial charge in [0.05, 0.1) is 39.9 Å². The van der Waals surface area contributed by atoms with E-state index in [2.05, 4.69) is 16.4 Å². The Balaban J connectivity index is 1.43. The summed E-state index contributed by atoms with van der Waals surface area (Å²) in [6.45, 7) is 9.04. The first-order chi connectivity index (χ1) is 29.8. The number of methoxy groups -OCH3 is 2. The van der Waals surface area contributed by atoms with E-state index in [9.17, 15) is 14.9 Å². The predicted octanol–water partition coefficient (Wildman–Crippen LogP) is 8.66. The van der Waals surface area contributed by atoms with Gasteiger partial charge in [0.2, 0.25) is 0 Å². The zero-order chi connectivity index (χ0) is 44.4. The molecule has 1 fully saturated rings. The number of aromatic nitrogens is 2. The summed E-state index contributed by atoms with van der Waals surface area (Å²) in [5.41, 5.74) is 1.36. The van der Waals surface area contributed by atoms with E-state index in [1.165, 1.54) is 4.57 Å². The number of nitriles is 1. The Labute approximate surface area is 362 Å². The molecule has 0 radical (unpaired) electrons. The summed E-state index contributed by atoms with van der Waals surface area (Å²) in [5, 5.41) is 12.1. The summed E-state index contributed by atoms with van der Waals surface area (Å²) in [6, 6.07) is 35.1. The monoisotopic (exact) mass is 863 g/mol. The van der Waals surface area contributed by atoms with E-state index in [1.807, 2.05) is 107 Å². The fourth-order valence-electron chi connectivity index (χ4n) is 7.77. The van der Waals surface area contributed by atoms with Gasteiger partial charge in [0.25, 0.3) is 5.91 Å². The maximum absolute atomic E-state index is 15.1. The first-order valence-corrected chi connectivity index (χ1v) is 22.0. The number of anilines is 1. The Bertz CT molecular complexity index is 2350. The third-order valence-corrected chi connectivity index (χ3v) is 13.1. The Morgan fingerprint density at radius 2 is 1.45 bits per heavy atom. The molecule has 4 atom stereocenters. The number of carbonyl (C=O) groups is 1. The van der Waals surface area contributed by atoms with Crippen molar-refractivity contribution in [1.29, 1.82) is 5.26 Å². The van der Waals surface area contributed by atoms with Crippen molar-refractivity contribution in [3.05, 3.63) is 154 Å². The van der Waals surface area contributed by atoms with Crippen molar-refractivity contribution in [3.8, 4) is 17.6 Å². The van der Waals surface area contributed by atoms with Gasteiger partial charge in [-0.05, 0) is 87.7 Å². The molecule has 5 aromatic rings. The van der Waals surface area contributed by atoms with Gasteiger partial charge in [0.1, 0.15) is 41.4 Å². The zero-order valence-corrected chi connectivity index (χ0v) is 37.0. The third kappa shape index (κ3) is 10.2. The minimum absolute atomic E-state index is 0.00940. The number of ether oxygens (including phenoxy) is 4. The van der Waals surface area contributed by atoms with E-state index >= 15 is 4.57 Å². The van der Waals surface area contributed by atoms with Crippen LogP contribution < -0.4 is 20.5 Å². The van der Waals surface area contributed by atoms with Gasteiger partial charge in [-0.25, -0.2) is 14.0 Å². The molecule has 1 aliphatic rings. The number of carbonyl (C=O) groups excluding carboxylic acids is 1. The van der Waals surface area contributed by atoms with Crippen molar-refractivity contribution in [2.45, 2.75) is 83.6 Å². The average molecular weight is 864 g/mol. The van der Waals surface area contributed by atoms with Crippen LogP contribution in [0.25, 0.3) is 0 Å². The second-order valence-corrected chi connectivity index (χ2v) is 17.3.